The maximum Gasteiger partial charge on any atom is 0.243 e. The van der Waals surface area contributed by atoms with Crippen LogP contribution in [0.2, 0.25) is 0 Å². The molecule has 1 aliphatic heterocycles. The van der Waals surface area contributed by atoms with Gasteiger partial charge in [-0.25, -0.2) is 8.42 Å². The zero-order valence-electron chi connectivity index (χ0n) is 15.1. The summed E-state index contributed by atoms with van der Waals surface area (Å²) in [5.41, 5.74) is 2.27. The first kappa shape index (κ1) is 18.2. The number of fused-ring (bicyclic) bond motifs is 1. The smallest absolute Gasteiger partial charge is 0.243 e. The van der Waals surface area contributed by atoms with Crippen LogP contribution in [0.1, 0.15) is 18.4 Å². The summed E-state index contributed by atoms with van der Waals surface area (Å²) >= 11 is 0. The standard InChI is InChI=1S/C20H24N4O2S/c25-27(26,19-4-2-1-3-5-19)24-10-8-16(9-11-24)13-21-14-17-6-7-18-15-22-23-20(18)12-17/h1-7,12,15-16,21H,8-11,13-14H2,(H,22,23). The lowest BCUT2D eigenvalue weighted by Crippen LogP contribution is -2.40. The highest BCUT2D eigenvalue weighted by Gasteiger charge is 2.28. The number of H-pyrrole nitrogens is 1. The lowest BCUT2D eigenvalue weighted by atomic mass is 9.98. The summed E-state index contributed by atoms with van der Waals surface area (Å²) in [6.45, 7) is 2.88. The molecule has 0 saturated carbocycles. The number of rotatable bonds is 6. The minimum absolute atomic E-state index is 0.385. The van der Waals surface area contributed by atoms with Gasteiger partial charge in [-0.3, -0.25) is 5.10 Å². The van der Waals surface area contributed by atoms with Gasteiger partial charge in [-0.05, 0) is 49.1 Å². The molecule has 27 heavy (non-hydrogen) atoms. The highest BCUT2D eigenvalue weighted by atomic mass is 32.2. The fraction of sp³-hybridized carbons (Fsp3) is 0.350. The number of piperidine rings is 1. The second-order valence-electron chi connectivity index (χ2n) is 7.08. The second kappa shape index (κ2) is 7.80. The van der Waals surface area contributed by atoms with Crippen LogP contribution in [0.5, 0.6) is 0 Å². The van der Waals surface area contributed by atoms with Gasteiger partial charge >= 0.3 is 0 Å². The Hall–Kier alpha value is -2.22. The van der Waals surface area contributed by atoms with E-state index in [4.69, 9.17) is 0 Å². The zero-order chi connectivity index (χ0) is 18.7. The topological polar surface area (TPSA) is 78.1 Å². The molecule has 4 rings (SSSR count). The first-order valence-electron chi connectivity index (χ1n) is 9.31. The van der Waals surface area contributed by atoms with Crippen molar-refractivity contribution in [1.82, 2.24) is 19.8 Å². The summed E-state index contributed by atoms with van der Waals surface area (Å²) in [4.78, 5) is 0.385. The maximum absolute atomic E-state index is 12.7. The van der Waals surface area contributed by atoms with Crippen molar-refractivity contribution in [3.8, 4) is 0 Å². The van der Waals surface area contributed by atoms with Gasteiger partial charge in [0.25, 0.3) is 0 Å². The van der Waals surface area contributed by atoms with E-state index in [0.29, 0.717) is 23.9 Å². The third-order valence-corrected chi connectivity index (χ3v) is 7.14. The molecule has 0 unspecified atom stereocenters. The highest BCUT2D eigenvalue weighted by Crippen LogP contribution is 2.23. The summed E-state index contributed by atoms with van der Waals surface area (Å²) in [5.74, 6) is 0.503. The van der Waals surface area contributed by atoms with Gasteiger partial charge in [0.2, 0.25) is 10.0 Å². The number of aromatic amines is 1. The molecule has 142 valence electrons. The summed E-state index contributed by atoms with van der Waals surface area (Å²) in [6, 6.07) is 15.0. The molecule has 0 aliphatic carbocycles. The van der Waals surface area contributed by atoms with Gasteiger partial charge in [-0.2, -0.15) is 9.40 Å². The zero-order valence-corrected chi connectivity index (χ0v) is 16.0. The van der Waals surface area contributed by atoms with Crippen LogP contribution in [-0.2, 0) is 16.6 Å². The first-order chi connectivity index (χ1) is 13.1. The van der Waals surface area contributed by atoms with Crippen molar-refractivity contribution in [3.63, 3.8) is 0 Å². The Kier molecular flexibility index (Phi) is 5.24. The Labute approximate surface area is 159 Å². The van der Waals surface area contributed by atoms with E-state index in [9.17, 15) is 8.42 Å². The van der Waals surface area contributed by atoms with E-state index in [1.54, 1.807) is 28.6 Å². The molecule has 0 amide bonds. The molecule has 7 heteroatoms. The van der Waals surface area contributed by atoms with Crippen molar-refractivity contribution < 1.29 is 8.42 Å². The Morgan fingerprint density at radius 2 is 1.89 bits per heavy atom. The SMILES string of the molecule is O=S(=O)(c1ccccc1)N1CCC(CNCc2ccc3cn[nH]c3c2)CC1. The minimum Gasteiger partial charge on any atom is -0.312 e. The number of nitrogens with one attached hydrogen (secondary N) is 2. The summed E-state index contributed by atoms with van der Waals surface area (Å²) < 4.78 is 27.0. The van der Waals surface area contributed by atoms with E-state index in [2.05, 4.69) is 33.7 Å². The molecule has 6 nitrogen and oxygen atoms in total. The monoisotopic (exact) mass is 384 g/mol. The fourth-order valence-electron chi connectivity index (χ4n) is 3.61. The molecule has 0 spiro atoms. The highest BCUT2D eigenvalue weighted by molar-refractivity contribution is 7.89. The first-order valence-corrected chi connectivity index (χ1v) is 10.7. The van der Waals surface area contributed by atoms with Gasteiger partial charge in [0.05, 0.1) is 16.6 Å². The molecule has 2 N–H and O–H groups in total. The van der Waals surface area contributed by atoms with Crippen molar-refractivity contribution in [3.05, 3.63) is 60.3 Å². The van der Waals surface area contributed by atoms with E-state index in [-0.39, 0.29) is 0 Å². The van der Waals surface area contributed by atoms with Crippen molar-refractivity contribution in [1.29, 1.82) is 0 Å². The van der Waals surface area contributed by atoms with Crippen molar-refractivity contribution in [2.24, 2.45) is 5.92 Å². The lowest BCUT2D eigenvalue weighted by molar-refractivity contribution is 0.267. The molecular formula is C20H24N4O2S. The van der Waals surface area contributed by atoms with E-state index < -0.39 is 10.0 Å². The van der Waals surface area contributed by atoms with E-state index in [1.807, 2.05) is 12.3 Å². The molecule has 3 aromatic rings. The Morgan fingerprint density at radius 1 is 1.11 bits per heavy atom. The molecule has 1 aromatic heterocycles. The minimum atomic E-state index is -3.36. The number of hydrogen-bond donors (Lipinski definition) is 2. The summed E-state index contributed by atoms with van der Waals surface area (Å²) in [6.07, 6.45) is 3.60. The molecule has 2 heterocycles. The van der Waals surface area contributed by atoms with Gasteiger partial charge < -0.3 is 5.32 Å². The average molecular weight is 385 g/mol. The maximum atomic E-state index is 12.7. The van der Waals surface area contributed by atoms with Gasteiger partial charge in [0, 0.05) is 25.0 Å². The van der Waals surface area contributed by atoms with E-state index in [1.165, 1.54) is 5.56 Å². The lowest BCUT2D eigenvalue weighted by Gasteiger charge is -2.31. The predicted octanol–water partition coefficient (Wildman–Crippen LogP) is 2.75. The van der Waals surface area contributed by atoms with Crippen LogP contribution in [0.15, 0.2) is 59.6 Å². The fourth-order valence-corrected chi connectivity index (χ4v) is 5.10. The quantitative estimate of drug-likeness (QED) is 0.685. The van der Waals surface area contributed by atoms with Gasteiger partial charge in [0.15, 0.2) is 0 Å². The van der Waals surface area contributed by atoms with Crippen LogP contribution in [0.25, 0.3) is 10.9 Å². The van der Waals surface area contributed by atoms with Crippen molar-refractivity contribution >= 4 is 20.9 Å². The number of benzene rings is 2. The van der Waals surface area contributed by atoms with Crippen LogP contribution in [0, 0.1) is 5.92 Å². The summed E-state index contributed by atoms with van der Waals surface area (Å²) in [5, 5.41) is 11.7. The molecule has 2 aromatic carbocycles. The molecule has 0 atom stereocenters. The van der Waals surface area contributed by atoms with Crippen LogP contribution < -0.4 is 5.32 Å². The summed E-state index contributed by atoms with van der Waals surface area (Å²) in [7, 11) is -3.36. The van der Waals surface area contributed by atoms with Crippen LogP contribution in [0.3, 0.4) is 0 Å². The number of sulfonamides is 1. The van der Waals surface area contributed by atoms with Gasteiger partial charge in [-0.1, -0.05) is 30.3 Å². The molecule has 1 saturated heterocycles. The van der Waals surface area contributed by atoms with Crippen LogP contribution in [-0.4, -0.2) is 42.6 Å². The molecular weight excluding hydrogens is 360 g/mol. The van der Waals surface area contributed by atoms with Gasteiger partial charge in [-0.15, -0.1) is 0 Å². The van der Waals surface area contributed by atoms with E-state index >= 15 is 0 Å². The van der Waals surface area contributed by atoms with Crippen molar-refractivity contribution in [2.45, 2.75) is 24.3 Å². The Morgan fingerprint density at radius 3 is 2.67 bits per heavy atom. The Balaban J connectivity index is 1.27. The second-order valence-corrected chi connectivity index (χ2v) is 9.02. The molecule has 1 aliphatic rings. The van der Waals surface area contributed by atoms with Crippen LogP contribution >= 0.6 is 0 Å². The van der Waals surface area contributed by atoms with E-state index in [0.717, 1.165) is 36.8 Å². The predicted molar refractivity (Wildman–Crippen MR) is 106 cm³/mol. The molecule has 1 fully saturated rings. The largest absolute Gasteiger partial charge is 0.312 e. The van der Waals surface area contributed by atoms with Crippen LogP contribution in [0.4, 0.5) is 0 Å². The Bertz CT molecular complexity index is 993. The molecule has 0 bridgehead atoms. The molecule has 0 radical (unpaired) electrons. The third-order valence-electron chi connectivity index (χ3n) is 5.22. The third kappa shape index (κ3) is 4.05. The van der Waals surface area contributed by atoms with Crippen molar-refractivity contribution in [2.75, 3.05) is 19.6 Å². The normalized spacial score (nSPS) is 16.7. The number of aromatic nitrogens is 2. The average Bonchev–Trinajstić information content (AvgIpc) is 3.17. The van der Waals surface area contributed by atoms with Gasteiger partial charge in [0.1, 0.15) is 0 Å². The number of nitrogens with zero attached hydrogens (tertiary/aromatic N) is 2. The number of hydrogen-bond acceptors (Lipinski definition) is 4.